The summed E-state index contributed by atoms with van der Waals surface area (Å²) in [6, 6.07) is 7.72. The fourth-order valence-corrected chi connectivity index (χ4v) is 1.94. The molecule has 0 fully saturated rings. The summed E-state index contributed by atoms with van der Waals surface area (Å²) >= 11 is 1.54. The quantitative estimate of drug-likeness (QED) is 0.764. The molecule has 0 N–H and O–H groups in total. The molecule has 1 aromatic carbocycles. The number of ether oxygens (including phenoxy) is 1. The summed E-state index contributed by atoms with van der Waals surface area (Å²) < 4.78 is 39.5. The SMILES string of the molecule is FC(F)(F)Oc1ccc(-c2ccsc2)cc1. The van der Waals surface area contributed by atoms with E-state index >= 15 is 0 Å². The summed E-state index contributed by atoms with van der Waals surface area (Å²) in [5, 5.41) is 3.84. The van der Waals surface area contributed by atoms with E-state index in [2.05, 4.69) is 4.74 Å². The Morgan fingerprint density at radius 3 is 2.12 bits per heavy atom. The maximum absolute atomic E-state index is 11.9. The van der Waals surface area contributed by atoms with Crippen LogP contribution in [0.3, 0.4) is 0 Å². The van der Waals surface area contributed by atoms with Crippen molar-refractivity contribution < 1.29 is 17.9 Å². The van der Waals surface area contributed by atoms with Crippen LogP contribution in [0.25, 0.3) is 11.1 Å². The van der Waals surface area contributed by atoms with Gasteiger partial charge in [-0.15, -0.1) is 13.2 Å². The van der Waals surface area contributed by atoms with Crippen molar-refractivity contribution in [3.63, 3.8) is 0 Å². The fourth-order valence-electron chi connectivity index (χ4n) is 1.28. The van der Waals surface area contributed by atoms with Crippen molar-refractivity contribution >= 4 is 11.3 Å². The van der Waals surface area contributed by atoms with E-state index in [0.717, 1.165) is 11.1 Å². The molecule has 0 atom stereocenters. The second kappa shape index (κ2) is 4.17. The third-order valence-corrected chi connectivity index (χ3v) is 2.63. The molecule has 0 unspecified atom stereocenters. The van der Waals surface area contributed by atoms with Crippen molar-refractivity contribution in [1.29, 1.82) is 0 Å². The zero-order valence-corrected chi connectivity index (χ0v) is 8.81. The Hall–Kier alpha value is -1.49. The molecule has 0 spiro atoms. The Balaban J connectivity index is 2.17. The Bertz CT molecular complexity index is 445. The van der Waals surface area contributed by atoms with Crippen molar-refractivity contribution in [3.8, 4) is 16.9 Å². The lowest BCUT2D eigenvalue weighted by molar-refractivity contribution is -0.274. The van der Waals surface area contributed by atoms with Gasteiger partial charge in [-0.25, -0.2) is 0 Å². The number of thiophene rings is 1. The standard InChI is InChI=1S/C11H7F3OS/c12-11(13,14)15-10-3-1-8(2-4-10)9-5-6-16-7-9/h1-7H. The van der Waals surface area contributed by atoms with Crippen LogP contribution in [0.4, 0.5) is 13.2 Å². The number of halogens is 3. The molecule has 5 heteroatoms. The van der Waals surface area contributed by atoms with Gasteiger partial charge in [-0.2, -0.15) is 11.3 Å². The average molecular weight is 244 g/mol. The van der Waals surface area contributed by atoms with Gasteiger partial charge in [0.25, 0.3) is 0 Å². The van der Waals surface area contributed by atoms with E-state index in [0.29, 0.717) is 0 Å². The maximum atomic E-state index is 11.9. The van der Waals surface area contributed by atoms with Gasteiger partial charge in [-0.3, -0.25) is 0 Å². The number of rotatable bonds is 2. The summed E-state index contributed by atoms with van der Waals surface area (Å²) in [5.41, 5.74) is 1.86. The number of hydrogen-bond acceptors (Lipinski definition) is 2. The van der Waals surface area contributed by atoms with Gasteiger partial charge < -0.3 is 4.74 Å². The van der Waals surface area contributed by atoms with Crippen LogP contribution < -0.4 is 4.74 Å². The molecule has 16 heavy (non-hydrogen) atoms. The summed E-state index contributed by atoms with van der Waals surface area (Å²) in [6.45, 7) is 0. The van der Waals surface area contributed by atoms with Gasteiger partial charge in [-0.05, 0) is 40.1 Å². The Kier molecular flexibility index (Phi) is 2.87. The monoisotopic (exact) mass is 244 g/mol. The van der Waals surface area contributed by atoms with Gasteiger partial charge in [0.2, 0.25) is 0 Å². The van der Waals surface area contributed by atoms with E-state index in [1.807, 2.05) is 16.8 Å². The van der Waals surface area contributed by atoms with E-state index in [1.165, 1.54) is 23.5 Å². The topological polar surface area (TPSA) is 9.23 Å². The van der Waals surface area contributed by atoms with Crippen LogP contribution in [-0.2, 0) is 0 Å². The van der Waals surface area contributed by atoms with Crippen molar-refractivity contribution in [2.24, 2.45) is 0 Å². The molecular formula is C11H7F3OS. The highest BCUT2D eigenvalue weighted by molar-refractivity contribution is 7.08. The first-order chi connectivity index (χ1) is 7.54. The first kappa shape index (κ1) is 11.0. The Labute approximate surface area is 94.1 Å². The molecule has 1 heterocycles. The lowest BCUT2D eigenvalue weighted by atomic mass is 10.1. The van der Waals surface area contributed by atoms with Gasteiger partial charge in [0, 0.05) is 0 Å². The smallest absolute Gasteiger partial charge is 0.406 e. The summed E-state index contributed by atoms with van der Waals surface area (Å²) in [6.07, 6.45) is -4.64. The Morgan fingerprint density at radius 1 is 0.938 bits per heavy atom. The van der Waals surface area contributed by atoms with Crippen LogP contribution in [-0.4, -0.2) is 6.36 Å². The van der Waals surface area contributed by atoms with Gasteiger partial charge in [0.15, 0.2) is 0 Å². The van der Waals surface area contributed by atoms with Crippen molar-refractivity contribution in [1.82, 2.24) is 0 Å². The summed E-state index contributed by atoms with van der Waals surface area (Å²) in [7, 11) is 0. The van der Waals surface area contributed by atoms with Crippen molar-refractivity contribution in [2.45, 2.75) is 6.36 Å². The zero-order chi connectivity index (χ0) is 11.6. The van der Waals surface area contributed by atoms with Crippen LogP contribution in [0.5, 0.6) is 5.75 Å². The van der Waals surface area contributed by atoms with Crippen LogP contribution in [0.1, 0.15) is 0 Å². The molecular weight excluding hydrogens is 237 g/mol. The molecule has 1 aromatic heterocycles. The first-order valence-electron chi connectivity index (χ1n) is 4.43. The van der Waals surface area contributed by atoms with E-state index < -0.39 is 6.36 Å². The van der Waals surface area contributed by atoms with E-state index in [1.54, 1.807) is 12.1 Å². The van der Waals surface area contributed by atoms with Gasteiger partial charge in [0.05, 0.1) is 0 Å². The molecule has 0 aliphatic heterocycles. The molecule has 2 rings (SSSR count). The van der Waals surface area contributed by atoms with Crippen molar-refractivity contribution in [2.75, 3.05) is 0 Å². The van der Waals surface area contributed by atoms with E-state index in [-0.39, 0.29) is 5.75 Å². The highest BCUT2D eigenvalue weighted by Gasteiger charge is 2.30. The van der Waals surface area contributed by atoms with Crippen LogP contribution in [0, 0.1) is 0 Å². The molecule has 0 amide bonds. The third-order valence-electron chi connectivity index (χ3n) is 1.94. The minimum absolute atomic E-state index is 0.202. The first-order valence-corrected chi connectivity index (χ1v) is 5.37. The van der Waals surface area contributed by atoms with Crippen molar-refractivity contribution in [3.05, 3.63) is 41.1 Å². The van der Waals surface area contributed by atoms with Crippen LogP contribution >= 0.6 is 11.3 Å². The molecule has 84 valence electrons. The van der Waals surface area contributed by atoms with E-state index in [4.69, 9.17) is 0 Å². The predicted molar refractivity (Wildman–Crippen MR) is 56.4 cm³/mol. The predicted octanol–water partition coefficient (Wildman–Crippen LogP) is 4.31. The van der Waals surface area contributed by atoms with Crippen LogP contribution in [0.2, 0.25) is 0 Å². The minimum atomic E-state index is -4.64. The molecule has 0 aliphatic carbocycles. The molecule has 0 saturated heterocycles. The minimum Gasteiger partial charge on any atom is -0.406 e. The van der Waals surface area contributed by atoms with Crippen LogP contribution in [0.15, 0.2) is 41.1 Å². The number of hydrogen-bond donors (Lipinski definition) is 0. The third kappa shape index (κ3) is 2.76. The highest BCUT2D eigenvalue weighted by atomic mass is 32.1. The Morgan fingerprint density at radius 2 is 1.62 bits per heavy atom. The molecule has 2 aromatic rings. The molecule has 0 bridgehead atoms. The molecule has 0 aliphatic rings. The maximum Gasteiger partial charge on any atom is 0.573 e. The summed E-state index contributed by atoms with van der Waals surface area (Å²) in [4.78, 5) is 0. The van der Waals surface area contributed by atoms with Gasteiger partial charge in [-0.1, -0.05) is 12.1 Å². The largest absolute Gasteiger partial charge is 0.573 e. The fraction of sp³-hybridized carbons (Fsp3) is 0.0909. The summed E-state index contributed by atoms with van der Waals surface area (Å²) in [5.74, 6) is -0.202. The second-order valence-corrected chi connectivity index (χ2v) is 3.86. The normalized spacial score (nSPS) is 11.4. The lowest BCUT2D eigenvalue weighted by Gasteiger charge is -2.08. The lowest BCUT2D eigenvalue weighted by Crippen LogP contribution is -2.16. The molecule has 0 saturated carbocycles. The molecule has 1 nitrogen and oxygen atoms in total. The van der Waals surface area contributed by atoms with Gasteiger partial charge in [0.1, 0.15) is 5.75 Å². The molecule has 0 radical (unpaired) electrons. The van der Waals surface area contributed by atoms with E-state index in [9.17, 15) is 13.2 Å². The highest BCUT2D eigenvalue weighted by Crippen LogP contribution is 2.27. The number of alkyl halides is 3. The second-order valence-electron chi connectivity index (χ2n) is 3.08. The van der Waals surface area contributed by atoms with Gasteiger partial charge >= 0.3 is 6.36 Å². The number of benzene rings is 1. The average Bonchev–Trinajstić information content (AvgIpc) is 2.69. The zero-order valence-electron chi connectivity index (χ0n) is 7.99.